The smallest absolute Gasteiger partial charge is 0.134 e. The van der Waals surface area contributed by atoms with Crippen LogP contribution in [0.15, 0.2) is 29.2 Å². The van der Waals surface area contributed by atoms with Crippen molar-refractivity contribution >= 4 is 10.8 Å². The van der Waals surface area contributed by atoms with Gasteiger partial charge in [0.25, 0.3) is 0 Å². The SMILES string of the molecule is CNC1CCCC1S(=O)c1ccccc1OC. The lowest BCUT2D eigenvalue weighted by Gasteiger charge is -2.19. The maximum absolute atomic E-state index is 12.6. The fraction of sp³-hybridized carbons (Fsp3) is 0.538. The van der Waals surface area contributed by atoms with Gasteiger partial charge < -0.3 is 10.1 Å². The zero-order chi connectivity index (χ0) is 12.3. The second-order valence-corrected chi connectivity index (χ2v) is 5.95. The van der Waals surface area contributed by atoms with Crippen LogP contribution in [-0.4, -0.2) is 29.7 Å². The molecule has 3 atom stereocenters. The fourth-order valence-electron chi connectivity index (χ4n) is 2.46. The number of hydrogen-bond donors (Lipinski definition) is 1. The first-order valence-corrected chi connectivity index (χ1v) is 7.20. The van der Waals surface area contributed by atoms with Crippen LogP contribution >= 0.6 is 0 Å². The molecule has 1 fully saturated rings. The third kappa shape index (κ3) is 2.53. The van der Waals surface area contributed by atoms with E-state index in [1.807, 2.05) is 31.3 Å². The molecular weight excluding hydrogens is 234 g/mol. The van der Waals surface area contributed by atoms with Crippen LogP contribution in [0, 0.1) is 0 Å². The molecule has 3 nitrogen and oxygen atoms in total. The first kappa shape index (κ1) is 12.6. The summed E-state index contributed by atoms with van der Waals surface area (Å²) < 4.78 is 17.9. The summed E-state index contributed by atoms with van der Waals surface area (Å²) in [7, 11) is 2.58. The maximum Gasteiger partial charge on any atom is 0.134 e. The Labute approximate surface area is 105 Å². The Kier molecular flexibility index (Phi) is 4.18. The largest absolute Gasteiger partial charge is 0.495 e. The number of para-hydroxylation sites is 1. The van der Waals surface area contributed by atoms with Gasteiger partial charge in [0.2, 0.25) is 0 Å². The van der Waals surface area contributed by atoms with Gasteiger partial charge in [0.05, 0.1) is 28.1 Å². The second kappa shape index (κ2) is 5.65. The van der Waals surface area contributed by atoms with Crippen LogP contribution in [0.2, 0.25) is 0 Å². The fourth-order valence-corrected chi connectivity index (χ4v) is 4.30. The molecule has 1 saturated carbocycles. The monoisotopic (exact) mass is 253 g/mol. The van der Waals surface area contributed by atoms with Gasteiger partial charge in [-0.05, 0) is 32.0 Å². The lowest BCUT2D eigenvalue weighted by molar-refractivity contribution is 0.403. The summed E-state index contributed by atoms with van der Waals surface area (Å²) in [6, 6.07) is 7.96. The van der Waals surface area contributed by atoms with E-state index in [0.717, 1.165) is 29.9 Å². The Balaban J connectivity index is 2.24. The topological polar surface area (TPSA) is 38.3 Å². The van der Waals surface area contributed by atoms with Gasteiger partial charge >= 0.3 is 0 Å². The summed E-state index contributed by atoms with van der Waals surface area (Å²) in [4.78, 5) is 0.821. The number of hydrogen-bond acceptors (Lipinski definition) is 3. The van der Waals surface area contributed by atoms with Gasteiger partial charge in [-0.15, -0.1) is 0 Å². The number of benzene rings is 1. The van der Waals surface area contributed by atoms with Crippen LogP contribution in [0.5, 0.6) is 5.75 Å². The Morgan fingerprint density at radius 3 is 2.82 bits per heavy atom. The zero-order valence-corrected chi connectivity index (χ0v) is 11.1. The van der Waals surface area contributed by atoms with E-state index < -0.39 is 10.8 Å². The van der Waals surface area contributed by atoms with Crippen molar-refractivity contribution in [1.82, 2.24) is 5.32 Å². The summed E-state index contributed by atoms with van der Waals surface area (Å²) in [6.45, 7) is 0. The lowest BCUT2D eigenvalue weighted by Crippen LogP contribution is -2.35. The molecule has 1 N–H and O–H groups in total. The number of rotatable bonds is 4. The molecule has 0 aromatic heterocycles. The summed E-state index contributed by atoms with van der Waals surface area (Å²) >= 11 is 0. The van der Waals surface area contributed by atoms with Crippen molar-refractivity contribution in [3.05, 3.63) is 24.3 Å². The van der Waals surface area contributed by atoms with E-state index in [1.165, 1.54) is 0 Å². The molecule has 1 aliphatic carbocycles. The molecule has 0 radical (unpaired) electrons. The number of ether oxygens (including phenoxy) is 1. The normalized spacial score (nSPS) is 25.8. The molecule has 0 saturated heterocycles. The molecule has 17 heavy (non-hydrogen) atoms. The average molecular weight is 253 g/mol. The molecule has 2 rings (SSSR count). The van der Waals surface area contributed by atoms with E-state index in [1.54, 1.807) is 7.11 Å². The van der Waals surface area contributed by atoms with Gasteiger partial charge in [-0.25, -0.2) is 0 Å². The van der Waals surface area contributed by atoms with E-state index in [-0.39, 0.29) is 5.25 Å². The molecule has 0 bridgehead atoms. The van der Waals surface area contributed by atoms with Crippen molar-refractivity contribution in [3.63, 3.8) is 0 Å². The summed E-state index contributed by atoms with van der Waals surface area (Å²) in [5.41, 5.74) is 0. The van der Waals surface area contributed by atoms with Gasteiger partial charge in [0.15, 0.2) is 0 Å². The molecule has 0 aliphatic heterocycles. The van der Waals surface area contributed by atoms with E-state index >= 15 is 0 Å². The van der Waals surface area contributed by atoms with Gasteiger partial charge in [-0.1, -0.05) is 18.6 Å². The highest BCUT2D eigenvalue weighted by Gasteiger charge is 2.32. The molecule has 1 aliphatic rings. The van der Waals surface area contributed by atoms with Crippen LogP contribution in [0.4, 0.5) is 0 Å². The molecule has 0 amide bonds. The van der Waals surface area contributed by atoms with Gasteiger partial charge in [-0.3, -0.25) is 4.21 Å². The second-order valence-electron chi connectivity index (χ2n) is 4.31. The van der Waals surface area contributed by atoms with Gasteiger partial charge in [0.1, 0.15) is 5.75 Å². The van der Waals surface area contributed by atoms with Gasteiger partial charge in [0, 0.05) is 6.04 Å². The first-order valence-electron chi connectivity index (χ1n) is 5.98. The van der Waals surface area contributed by atoms with Gasteiger partial charge in [-0.2, -0.15) is 0 Å². The molecular formula is C13H19NO2S. The van der Waals surface area contributed by atoms with E-state index in [4.69, 9.17) is 4.74 Å². The Hall–Kier alpha value is -0.870. The average Bonchev–Trinajstić information content (AvgIpc) is 2.86. The van der Waals surface area contributed by atoms with Crippen molar-refractivity contribution in [2.24, 2.45) is 0 Å². The van der Waals surface area contributed by atoms with Crippen molar-refractivity contribution in [3.8, 4) is 5.75 Å². The zero-order valence-electron chi connectivity index (χ0n) is 10.3. The highest BCUT2D eigenvalue weighted by atomic mass is 32.2. The minimum atomic E-state index is -0.988. The highest BCUT2D eigenvalue weighted by molar-refractivity contribution is 7.85. The molecule has 1 aromatic rings. The van der Waals surface area contributed by atoms with E-state index in [0.29, 0.717) is 6.04 Å². The third-order valence-corrected chi connectivity index (χ3v) is 5.27. The lowest BCUT2D eigenvalue weighted by atomic mass is 10.2. The van der Waals surface area contributed by atoms with Crippen molar-refractivity contribution in [2.75, 3.05) is 14.2 Å². The maximum atomic E-state index is 12.6. The molecule has 0 heterocycles. The number of methoxy groups -OCH3 is 1. The highest BCUT2D eigenvalue weighted by Crippen LogP contribution is 2.31. The minimum Gasteiger partial charge on any atom is -0.495 e. The van der Waals surface area contributed by atoms with Crippen LogP contribution < -0.4 is 10.1 Å². The Morgan fingerprint density at radius 2 is 2.12 bits per heavy atom. The van der Waals surface area contributed by atoms with Crippen LogP contribution in [0.1, 0.15) is 19.3 Å². The van der Waals surface area contributed by atoms with Crippen LogP contribution in [0.25, 0.3) is 0 Å². The van der Waals surface area contributed by atoms with E-state index in [2.05, 4.69) is 5.32 Å². The van der Waals surface area contributed by atoms with Crippen molar-refractivity contribution < 1.29 is 8.95 Å². The molecule has 4 heteroatoms. The predicted octanol–water partition coefficient (Wildman–Crippen LogP) is 1.94. The molecule has 3 unspecified atom stereocenters. The Morgan fingerprint density at radius 1 is 1.35 bits per heavy atom. The standard InChI is InChI=1S/C13H19NO2S/c1-14-10-6-5-9-12(10)17(15)13-8-4-3-7-11(13)16-2/h3-4,7-8,10,12,14H,5-6,9H2,1-2H3. The number of nitrogens with one attached hydrogen (secondary N) is 1. The molecule has 1 aromatic carbocycles. The van der Waals surface area contributed by atoms with Crippen LogP contribution in [0.3, 0.4) is 0 Å². The Bertz CT molecular complexity index is 408. The van der Waals surface area contributed by atoms with Crippen LogP contribution in [-0.2, 0) is 10.8 Å². The van der Waals surface area contributed by atoms with Crippen molar-refractivity contribution in [1.29, 1.82) is 0 Å². The summed E-state index contributed by atoms with van der Waals surface area (Å²) in [5.74, 6) is 0.729. The summed E-state index contributed by atoms with van der Waals surface area (Å²) in [6.07, 6.45) is 3.29. The molecule has 0 spiro atoms. The summed E-state index contributed by atoms with van der Waals surface area (Å²) in [5, 5.41) is 3.47. The van der Waals surface area contributed by atoms with E-state index in [9.17, 15) is 4.21 Å². The first-order chi connectivity index (χ1) is 8.27. The quantitative estimate of drug-likeness (QED) is 0.891. The third-order valence-electron chi connectivity index (χ3n) is 3.38. The molecule has 94 valence electrons. The minimum absolute atomic E-state index is 0.205. The predicted molar refractivity (Wildman–Crippen MR) is 69.9 cm³/mol. The van der Waals surface area contributed by atoms with Crippen molar-refractivity contribution in [2.45, 2.75) is 35.4 Å².